The second-order valence-electron chi connectivity index (χ2n) is 5.36. The molecule has 0 N–H and O–H groups in total. The number of nitriles is 1. The first-order valence-electron chi connectivity index (χ1n) is 6.14. The molecule has 0 aliphatic rings. The Morgan fingerprint density at radius 1 is 1.20 bits per heavy atom. The zero-order chi connectivity index (χ0) is 15.3. The van der Waals surface area contributed by atoms with E-state index in [9.17, 15) is 9.59 Å². The van der Waals surface area contributed by atoms with E-state index < -0.39 is 17.5 Å². The van der Waals surface area contributed by atoms with Crippen molar-refractivity contribution in [3.05, 3.63) is 35.4 Å². The molecule has 5 heteroatoms. The van der Waals surface area contributed by atoms with E-state index in [0.29, 0.717) is 11.1 Å². The minimum atomic E-state index is -0.814. The molecule has 1 aromatic rings. The maximum absolute atomic E-state index is 11.7. The Hall–Kier alpha value is -2.19. The molecule has 1 rings (SSSR count). The highest BCUT2D eigenvalue weighted by molar-refractivity contribution is 5.90. The van der Waals surface area contributed by atoms with Crippen molar-refractivity contribution in [2.45, 2.75) is 39.2 Å². The zero-order valence-electron chi connectivity index (χ0n) is 12.0. The summed E-state index contributed by atoms with van der Waals surface area (Å²) in [5, 5.41) is 8.92. The van der Waals surface area contributed by atoms with E-state index in [1.165, 1.54) is 19.1 Å². The van der Waals surface area contributed by atoms with E-state index in [4.69, 9.17) is 15.0 Å². The molecule has 1 atom stereocenters. The summed E-state index contributed by atoms with van der Waals surface area (Å²) in [7, 11) is 0. The summed E-state index contributed by atoms with van der Waals surface area (Å²) in [6.45, 7) is 6.63. The van der Waals surface area contributed by atoms with Crippen molar-refractivity contribution in [1.82, 2.24) is 0 Å². The van der Waals surface area contributed by atoms with Crippen molar-refractivity contribution in [2.75, 3.05) is 0 Å². The van der Waals surface area contributed by atoms with Gasteiger partial charge in [0.05, 0.1) is 11.6 Å². The smallest absolute Gasteiger partial charge is 0.298 e. The van der Waals surface area contributed by atoms with Crippen molar-refractivity contribution in [1.29, 1.82) is 5.26 Å². The van der Waals surface area contributed by atoms with Gasteiger partial charge < -0.3 is 0 Å². The van der Waals surface area contributed by atoms with Crippen LogP contribution in [-0.4, -0.2) is 17.4 Å². The lowest BCUT2D eigenvalue weighted by Gasteiger charge is -2.16. The molecule has 0 aliphatic carbocycles. The minimum Gasteiger partial charge on any atom is -0.298 e. The van der Waals surface area contributed by atoms with Gasteiger partial charge in [-0.25, -0.2) is 4.79 Å². The molecular formula is C15H17NO4. The van der Waals surface area contributed by atoms with Crippen LogP contribution >= 0.6 is 0 Å². The van der Waals surface area contributed by atoms with Crippen molar-refractivity contribution in [2.24, 2.45) is 0 Å². The van der Waals surface area contributed by atoms with Gasteiger partial charge in [-0.3, -0.25) is 9.68 Å². The van der Waals surface area contributed by atoms with E-state index in [0.717, 1.165) is 0 Å². The highest BCUT2D eigenvalue weighted by Crippen LogP contribution is 2.17. The number of benzene rings is 1. The van der Waals surface area contributed by atoms with E-state index >= 15 is 0 Å². The van der Waals surface area contributed by atoms with Crippen LogP contribution < -0.4 is 0 Å². The molecule has 0 spiro atoms. The number of ketones is 1. The molecule has 0 saturated heterocycles. The third kappa shape index (κ3) is 4.48. The van der Waals surface area contributed by atoms with Crippen molar-refractivity contribution in [3.8, 4) is 6.07 Å². The number of hydrogen-bond acceptors (Lipinski definition) is 5. The Morgan fingerprint density at radius 3 is 2.15 bits per heavy atom. The van der Waals surface area contributed by atoms with Crippen LogP contribution in [0.5, 0.6) is 0 Å². The topological polar surface area (TPSA) is 76.4 Å². The second kappa shape index (κ2) is 6.31. The fourth-order valence-electron chi connectivity index (χ4n) is 1.42. The third-order valence-electron chi connectivity index (χ3n) is 2.38. The predicted molar refractivity (Wildman–Crippen MR) is 71.7 cm³/mol. The van der Waals surface area contributed by atoms with Crippen molar-refractivity contribution < 1.29 is 19.4 Å². The highest BCUT2D eigenvalue weighted by Gasteiger charge is 2.19. The molecule has 0 fully saturated rings. The van der Waals surface area contributed by atoms with Crippen LogP contribution in [0.1, 0.15) is 49.5 Å². The molecule has 0 heterocycles. The third-order valence-corrected chi connectivity index (χ3v) is 2.38. The normalized spacial score (nSPS) is 12.3. The molecule has 0 aliphatic heterocycles. The largest absolute Gasteiger partial charge is 0.373 e. The first kappa shape index (κ1) is 15.9. The number of hydrogen-bond donors (Lipinski definition) is 0. The number of Topliss-reactive ketones (excluding diaryl/α,β-unsaturated/α-hetero) is 1. The van der Waals surface area contributed by atoms with Crippen LogP contribution in [0, 0.1) is 11.3 Å². The van der Waals surface area contributed by atoms with Gasteiger partial charge in [-0.2, -0.15) is 10.1 Å². The van der Waals surface area contributed by atoms with Gasteiger partial charge in [-0.15, -0.1) is 0 Å². The standard InChI is InChI=1S/C15H17NO4/c1-10(17)13(9-16)11-5-7-12(8-6-11)14(18)19-20-15(2,3)4/h5-8,13H,1-4H3. The van der Waals surface area contributed by atoms with Crippen LogP contribution in [0.4, 0.5) is 0 Å². The van der Waals surface area contributed by atoms with Crippen molar-refractivity contribution >= 4 is 11.8 Å². The van der Waals surface area contributed by atoms with Crippen molar-refractivity contribution in [3.63, 3.8) is 0 Å². The fourth-order valence-corrected chi connectivity index (χ4v) is 1.42. The number of rotatable bonds is 4. The molecule has 5 nitrogen and oxygen atoms in total. The number of carbonyl (C=O) groups is 2. The maximum Gasteiger partial charge on any atom is 0.373 e. The monoisotopic (exact) mass is 275 g/mol. The Morgan fingerprint density at radius 2 is 1.75 bits per heavy atom. The lowest BCUT2D eigenvalue weighted by molar-refractivity contribution is -0.301. The van der Waals surface area contributed by atoms with Crippen LogP contribution in [0.3, 0.4) is 0 Å². The molecule has 0 aromatic heterocycles. The first-order valence-corrected chi connectivity index (χ1v) is 6.14. The summed E-state index contributed by atoms with van der Waals surface area (Å²) in [5.41, 5.74) is 0.252. The van der Waals surface area contributed by atoms with Gasteiger partial charge >= 0.3 is 5.97 Å². The van der Waals surface area contributed by atoms with Gasteiger partial charge in [0.25, 0.3) is 0 Å². The first-order chi connectivity index (χ1) is 9.24. The van der Waals surface area contributed by atoms with E-state index in [1.54, 1.807) is 32.9 Å². The Balaban J connectivity index is 2.79. The summed E-state index contributed by atoms with van der Waals surface area (Å²) in [4.78, 5) is 32.6. The lowest BCUT2D eigenvalue weighted by Crippen LogP contribution is -2.22. The van der Waals surface area contributed by atoms with Gasteiger partial charge in [0.1, 0.15) is 11.5 Å². The van der Waals surface area contributed by atoms with Crippen LogP contribution in [-0.2, 0) is 14.6 Å². The molecule has 1 aromatic carbocycles. The molecule has 0 saturated carbocycles. The Kier molecular flexibility index (Phi) is 5.00. The summed E-state index contributed by atoms with van der Waals surface area (Å²) in [5.74, 6) is -1.67. The lowest BCUT2D eigenvalue weighted by atomic mass is 9.96. The summed E-state index contributed by atoms with van der Waals surface area (Å²) in [6.07, 6.45) is 0. The molecule has 20 heavy (non-hydrogen) atoms. The number of nitrogens with zero attached hydrogens (tertiary/aromatic N) is 1. The Bertz CT molecular complexity index is 534. The minimum absolute atomic E-state index is 0.237. The number of carbonyl (C=O) groups excluding carboxylic acids is 2. The second-order valence-corrected chi connectivity index (χ2v) is 5.36. The molecule has 1 unspecified atom stereocenters. The quantitative estimate of drug-likeness (QED) is 0.623. The highest BCUT2D eigenvalue weighted by atomic mass is 17.2. The van der Waals surface area contributed by atoms with Gasteiger partial charge in [-0.1, -0.05) is 12.1 Å². The van der Waals surface area contributed by atoms with Crippen LogP contribution in [0.15, 0.2) is 24.3 Å². The van der Waals surface area contributed by atoms with Crippen LogP contribution in [0.25, 0.3) is 0 Å². The molecular weight excluding hydrogens is 258 g/mol. The molecule has 0 bridgehead atoms. The van der Waals surface area contributed by atoms with Gasteiger partial charge in [-0.05, 0) is 45.4 Å². The molecule has 0 amide bonds. The summed E-state index contributed by atoms with van der Waals surface area (Å²) >= 11 is 0. The van der Waals surface area contributed by atoms with Gasteiger partial charge in [0, 0.05) is 0 Å². The van der Waals surface area contributed by atoms with Crippen LogP contribution in [0.2, 0.25) is 0 Å². The average Bonchev–Trinajstić information content (AvgIpc) is 2.36. The average molecular weight is 275 g/mol. The Labute approximate surface area is 118 Å². The molecule has 0 radical (unpaired) electrons. The van der Waals surface area contributed by atoms with Gasteiger partial charge in [0.2, 0.25) is 0 Å². The maximum atomic E-state index is 11.7. The SMILES string of the molecule is CC(=O)C(C#N)c1ccc(C(=O)OOC(C)(C)C)cc1. The summed E-state index contributed by atoms with van der Waals surface area (Å²) < 4.78 is 0. The molecule has 106 valence electrons. The van der Waals surface area contributed by atoms with Gasteiger partial charge in [0.15, 0.2) is 5.78 Å². The van der Waals surface area contributed by atoms with E-state index in [-0.39, 0.29) is 5.78 Å². The fraction of sp³-hybridized carbons (Fsp3) is 0.400. The van der Waals surface area contributed by atoms with E-state index in [1.807, 2.05) is 6.07 Å². The zero-order valence-corrected chi connectivity index (χ0v) is 12.0. The summed E-state index contributed by atoms with van der Waals surface area (Å²) in [6, 6.07) is 8.03. The predicted octanol–water partition coefficient (Wildman–Crippen LogP) is 2.77. The van der Waals surface area contributed by atoms with E-state index in [2.05, 4.69) is 0 Å².